The summed E-state index contributed by atoms with van der Waals surface area (Å²) in [7, 11) is 0. The number of ether oxygens (including phenoxy) is 1. The van der Waals surface area contributed by atoms with Crippen molar-refractivity contribution in [1.82, 2.24) is 0 Å². The second-order valence-corrected chi connectivity index (χ2v) is 7.78. The molecule has 4 bridgehead atoms. The van der Waals surface area contributed by atoms with Crippen molar-refractivity contribution < 1.29 is 18.8 Å². The van der Waals surface area contributed by atoms with Gasteiger partial charge in [-0.15, -0.1) is 0 Å². The van der Waals surface area contributed by atoms with Gasteiger partial charge in [0.05, 0.1) is 11.0 Å². The van der Waals surface area contributed by atoms with Gasteiger partial charge >= 0.3 is 0 Å². The quantitative estimate of drug-likeness (QED) is 0.605. The first-order valence-electron chi connectivity index (χ1n) is 8.55. The Bertz CT molecular complexity index is 667. The number of hydrogen-bond acceptors (Lipinski definition) is 4. The van der Waals surface area contributed by atoms with Gasteiger partial charge < -0.3 is 4.74 Å². The van der Waals surface area contributed by atoms with E-state index in [1.165, 1.54) is 31.4 Å². The molecule has 128 valence electrons. The number of non-ortho nitro benzene ring substituents is 1. The van der Waals surface area contributed by atoms with Crippen LogP contribution in [-0.2, 0) is 4.79 Å². The van der Waals surface area contributed by atoms with Crippen molar-refractivity contribution in [2.45, 2.75) is 38.5 Å². The minimum atomic E-state index is -0.803. The lowest BCUT2D eigenvalue weighted by Crippen LogP contribution is -2.51. The van der Waals surface area contributed by atoms with Gasteiger partial charge in [0.15, 0.2) is 17.3 Å². The van der Waals surface area contributed by atoms with Gasteiger partial charge in [-0.2, -0.15) is 0 Å². The summed E-state index contributed by atoms with van der Waals surface area (Å²) in [6.45, 7) is -0.152. The zero-order chi connectivity index (χ0) is 16.9. The topological polar surface area (TPSA) is 69.4 Å². The molecule has 0 aromatic heterocycles. The molecule has 0 unspecified atom stereocenters. The first-order valence-corrected chi connectivity index (χ1v) is 8.55. The molecule has 24 heavy (non-hydrogen) atoms. The van der Waals surface area contributed by atoms with Crippen molar-refractivity contribution in [2.24, 2.45) is 23.2 Å². The van der Waals surface area contributed by atoms with E-state index < -0.39 is 10.7 Å². The van der Waals surface area contributed by atoms with E-state index in [0.717, 1.165) is 25.3 Å². The van der Waals surface area contributed by atoms with E-state index in [2.05, 4.69) is 0 Å². The molecule has 0 aliphatic heterocycles. The molecule has 4 saturated carbocycles. The third-order valence-corrected chi connectivity index (χ3v) is 6.11. The minimum absolute atomic E-state index is 0.0688. The summed E-state index contributed by atoms with van der Waals surface area (Å²) >= 11 is 0. The Kier molecular flexibility index (Phi) is 3.58. The highest BCUT2D eigenvalue weighted by molar-refractivity contribution is 5.86. The SMILES string of the molecule is O=C(COc1ccc([N+](=O)[O-])cc1F)C12CC3CC(CC(C3)C1)C2. The van der Waals surface area contributed by atoms with Crippen molar-refractivity contribution in [2.75, 3.05) is 6.61 Å². The van der Waals surface area contributed by atoms with Gasteiger partial charge in [-0.3, -0.25) is 14.9 Å². The summed E-state index contributed by atoms with van der Waals surface area (Å²) in [6, 6.07) is 3.23. The van der Waals surface area contributed by atoms with E-state index in [4.69, 9.17) is 4.74 Å². The number of benzene rings is 1. The molecule has 1 aromatic rings. The Labute approximate surface area is 139 Å². The monoisotopic (exact) mass is 333 g/mol. The maximum Gasteiger partial charge on any atom is 0.272 e. The van der Waals surface area contributed by atoms with E-state index in [1.807, 2.05) is 0 Å². The normalized spacial score (nSPS) is 33.5. The molecule has 0 atom stereocenters. The van der Waals surface area contributed by atoms with Crippen LogP contribution in [0.15, 0.2) is 18.2 Å². The molecule has 6 heteroatoms. The molecule has 4 aliphatic rings. The van der Waals surface area contributed by atoms with E-state index in [1.54, 1.807) is 0 Å². The van der Waals surface area contributed by atoms with E-state index >= 15 is 0 Å². The number of halogens is 1. The predicted molar refractivity (Wildman–Crippen MR) is 84.2 cm³/mol. The average molecular weight is 333 g/mol. The molecule has 4 fully saturated rings. The van der Waals surface area contributed by atoms with Crippen molar-refractivity contribution >= 4 is 11.5 Å². The van der Waals surface area contributed by atoms with Crippen molar-refractivity contribution in [3.8, 4) is 5.75 Å². The van der Waals surface area contributed by atoms with Crippen LogP contribution in [0.1, 0.15) is 38.5 Å². The Balaban J connectivity index is 1.45. The number of nitro groups is 1. The van der Waals surface area contributed by atoms with Gasteiger partial charge in [-0.1, -0.05) is 0 Å². The number of hydrogen-bond donors (Lipinski definition) is 0. The van der Waals surface area contributed by atoms with Crippen molar-refractivity contribution in [3.05, 3.63) is 34.1 Å². The summed E-state index contributed by atoms with van der Waals surface area (Å²) in [6.07, 6.45) is 6.61. The Morgan fingerprint density at radius 1 is 1.21 bits per heavy atom. The zero-order valence-corrected chi connectivity index (χ0v) is 13.4. The standard InChI is InChI=1S/C18H20FNO4/c19-15-6-14(20(22)23)1-2-16(15)24-10-17(21)18-7-11-3-12(8-18)5-13(4-11)9-18/h1-2,6,11-13H,3-5,7-10H2. The number of ketones is 1. The van der Waals surface area contributed by atoms with Crippen LogP contribution in [0.2, 0.25) is 0 Å². The summed E-state index contributed by atoms with van der Waals surface area (Å²) < 4.78 is 19.3. The maximum absolute atomic E-state index is 13.9. The van der Waals surface area contributed by atoms with Crippen LogP contribution in [0, 0.1) is 39.1 Å². The molecule has 0 N–H and O–H groups in total. The Morgan fingerprint density at radius 2 is 1.79 bits per heavy atom. The van der Waals surface area contributed by atoms with Gasteiger partial charge in [0.25, 0.3) is 5.69 Å². The molecule has 4 aliphatic carbocycles. The number of Topliss-reactive ketones (excluding diaryl/α,β-unsaturated/α-hetero) is 1. The second kappa shape index (κ2) is 5.53. The Hall–Kier alpha value is -1.98. The molecule has 0 saturated heterocycles. The van der Waals surface area contributed by atoms with Crippen LogP contribution >= 0.6 is 0 Å². The lowest BCUT2D eigenvalue weighted by Gasteiger charge is -2.55. The second-order valence-electron chi connectivity index (χ2n) is 7.78. The number of rotatable bonds is 5. The van der Waals surface area contributed by atoms with Crippen LogP contribution in [0.25, 0.3) is 0 Å². The van der Waals surface area contributed by atoms with Crippen LogP contribution < -0.4 is 4.74 Å². The lowest BCUT2D eigenvalue weighted by molar-refractivity contribution is -0.385. The first-order chi connectivity index (χ1) is 11.4. The number of nitrogens with zero attached hydrogens (tertiary/aromatic N) is 1. The highest BCUT2D eigenvalue weighted by atomic mass is 19.1. The highest BCUT2D eigenvalue weighted by Gasteiger charge is 2.54. The van der Waals surface area contributed by atoms with Crippen molar-refractivity contribution in [3.63, 3.8) is 0 Å². The van der Waals surface area contributed by atoms with Gasteiger partial charge in [0.1, 0.15) is 6.61 Å². The molecule has 1 aromatic carbocycles. The lowest BCUT2D eigenvalue weighted by atomic mass is 9.48. The third kappa shape index (κ3) is 2.58. The van der Waals surface area contributed by atoms with E-state index in [9.17, 15) is 19.3 Å². The fourth-order valence-electron chi connectivity index (χ4n) is 5.47. The van der Waals surface area contributed by atoms with E-state index in [0.29, 0.717) is 17.8 Å². The summed E-state index contributed by atoms with van der Waals surface area (Å²) in [4.78, 5) is 22.8. The molecule has 0 spiro atoms. The summed E-state index contributed by atoms with van der Waals surface area (Å²) in [5.41, 5.74) is -0.598. The van der Waals surface area contributed by atoms with Crippen LogP contribution in [0.5, 0.6) is 5.75 Å². The molecule has 5 rings (SSSR count). The molecule has 5 nitrogen and oxygen atoms in total. The van der Waals surface area contributed by atoms with Gasteiger partial charge in [0.2, 0.25) is 0 Å². The number of carbonyl (C=O) groups is 1. The van der Waals surface area contributed by atoms with Crippen LogP contribution in [0.3, 0.4) is 0 Å². The third-order valence-electron chi connectivity index (χ3n) is 6.11. The largest absolute Gasteiger partial charge is 0.483 e. The van der Waals surface area contributed by atoms with Gasteiger partial charge in [-0.05, 0) is 62.3 Å². The predicted octanol–water partition coefficient (Wildman–Crippen LogP) is 3.90. The smallest absolute Gasteiger partial charge is 0.272 e. The molecule has 0 amide bonds. The maximum atomic E-state index is 13.9. The minimum Gasteiger partial charge on any atom is -0.483 e. The van der Waals surface area contributed by atoms with Crippen LogP contribution in [-0.4, -0.2) is 17.3 Å². The first kappa shape index (κ1) is 15.5. The highest BCUT2D eigenvalue weighted by Crippen LogP contribution is 2.60. The van der Waals surface area contributed by atoms with Crippen molar-refractivity contribution in [1.29, 1.82) is 0 Å². The fourth-order valence-corrected chi connectivity index (χ4v) is 5.47. The zero-order valence-electron chi connectivity index (χ0n) is 13.4. The average Bonchev–Trinajstić information content (AvgIpc) is 2.52. The van der Waals surface area contributed by atoms with Gasteiger partial charge in [-0.25, -0.2) is 4.39 Å². The molecular weight excluding hydrogens is 313 g/mol. The number of carbonyl (C=O) groups excluding carboxylic acids is 1. The summed E-state index contributed by atoms with van der Waals surface area (Å²) in [5.74, 6) is 1.16. The fraction of sp³-hybridized carbons (Fsp3) is 0.611. The number of nitro benzene ring substituents is 1. The Morgan fingerprint density at radius 3 is 2.29 bits per heavy atom. The van der Waals surface area contributed by atoms with E-state index in [-0.39, 0.29) is 29.2 Å². The summed E-state index contributed by atoms with van der Waals surface area (Å²) in [5, 5.41) is 10.6. The molecule has 0 heterocycles. The molecule has 0 radical (unpaired) electrons. The van der Waals surface area contributed by atoms with Crippen LogP contribution in [0.4, 0.5) is 10.1 Å². The molecular formula is C18H20FNO4. The van der Waals surface area contributed by atoms with Gasteiger partial charge in [0, 0.05) is 11.5 Å².